The van der Waals surface area contributed by atoms with Gasteiger partial charge in [0.25, 0.3) is 0 Å². The predicted molar refractivity (Wildman–Crippen MR) is 39.9 cm³/mol. The first-order chi connectivity index (χ1) is 5.70. The van der Waals surface area contributed by atoms with Gasteiger partial charge in [-0.25, -0.2) is 0 Å². The molecule has 0 aromatic carbocycles. The number of azide groups is 1. The van der Waals surface area contributed by atoms with Crippen LogP contribution in [0.4, 0.5) is 0 Å². The lowest BCUT2D eigenvalue weighted by molar-refractivity contribution is -0.122. The normalized spacial score (nSPS) is 11.5. The molecular formula is C5H10N4O3. The van der Waals surface area contributed by atoms with Crippen molar-refractivity contribution >= 4 is 5.91 Å². The highest BCUT2D eigenvalue weighted by Crippen LogP contribution is 1.84. The minimum atomic E-state index is -1.09. The minimum absolute atomic E-state index is 0.0575. The maximum absolute atomic E-state index is 10.7. The molecule has 0 aliphatic heterocycles. The lowest BCUT2D eigenvalue weighted by Gasteiger charge is -2.09. The third-order valence-electron chi connectivity index (χ3n) is 1.01. The van der Waals surface area contributed by atoms with Gasteiger partial charge in [-0.3, -0.25) is 4.79 Å². The van der Waals surface area contributed by atoms with E-state index in [1.807, 2.05) is 0 Å². The summed E-state index contributed by atoms with van der Waals surface area (Å²) >= 11 is 0. The summed E-state index contributed by atoms with van der Waals surface area (Å²) in [4.78, 5) is 13.0. The second-order valence-electron chi connectivity index (χ2n) is 1.98. The van der Waals surface area contributed by atoms with Crippen LogP contribution in [-0.4, -0.2) is 35.5 Å². The topological polar surface area (TPSA) is 118 Å². The predicted octanol–water partition coefficient (Wildman–Crippen LogP) is -0.886. The Morgan fingerprint density at radius 1 is 1.75 bits per heavy atom. The summed E-state index contributed by atoms with van der Waals surface area (Å²) < 4.78 is 0. The van der Waals surface area contributed by atoms with Crippen LogP contribution in [0.2, 0.25) is 0 Å². The van der Waals surface area contributed by atoms with Crippen LogP contribution in [0.1, 0.15) is 6.42 Å². The zero-order valence-electron chi connectivity index (χ0n) is 6.34. The summed E-state index contributed by atoms with van der Waals surface area (Å²) in [7, 11) is 0. The fourth-order valence-electron chi connectivity index (χ4n) is 0.522. The number of amides is 1. The third kappa shape index (κ3) is 5.48. The van der Waals surface area contributed by atoms with E-state index in [0.29, 0.717) is 0 Å². The van der Waals surface area contributed by atoms with Gasteiger partial charge in [0.2, 0.25) is 5.91 Å². The molecule has 0 spiro atoms. The second kappa shape index (κ2) is 6.41. The first kappa shape index (κ1) is 10.7. The van der Waals surface area contributed by atoms with Gasteiger partial charge >= 0.3 is 0 Å². The molecule has 0 aliphatic rings. The molecule has 0 rings (SSSR count). The van der Waals surface area contributed by atoms with E-state index < -0.39 is 12.1 Å². The van der Waals surface area contributed by atoms with Crippen molar-refractivity contribution in [3.63, 3.8) is 0 Å². The van der Waals surface area contributed by atoms with Crippen LogP contribution < -0.4 is 5.32 Å². The first-order valence-electron chi connectivity index (χ1n) is 3.30. The molecule has 0 radical (unpaired) electrons. The molecule has 1 unspecified atom stereocenters. The number of carbonyl (C=O) groups is 1. The highest BCUT2D eigenvalue weighted by Gasteiger charge is 2.05. The molecule has 0 bridgehead atoms. The molecule has 0 heterocycles. The van der Waals surface area contributed by atoms with Crippen LogP contribution >= 0.6 is 0 Å². The van der Waals surface area contributed by atoms with Gasteiger partial charge in [-0.15, -0.1) is 0 Å². The van der Waals surface area contributed by atoms with Crippen molar-refractivity contribution in [2.24, 2.45) is 5.11 Å². The quantitative estimate of drug-likeness (QED) is 0.217. The fourth-order valence-corrected chi connectivity index (χ4v) is 0.522. The van der Waals surface area contributed by atoms with Crippen LogP contribution in [-0.2, 0) is 4.79 Å². The lowest BCUT2D eigenvalue weighted by atomic mass is 10.4. The molecule has 0 aliphatic carbocycles. The standard InChI is InChI=1S/C5H10N4O3/c6-9-7-3-5(12)8-4(11)1-2-10/h4,10-11H,1-3H2,(H,8,12). The van der Waals surface area contributed by atoms with Gasteiger partial charge in [-0.1, -0.05) is 5.11 Å². The maximum atomic E-state index is 10.7. The van der Waals surface area contributed by atoms with Crippen LogP contribution in [0, 0.1) is 0 Å². The van der Waals surface area contributed by atoms with Gasteiger partial charge in [0.15, 0.2) is 0 Å². The molecule has 3 N–H and O–H groups in total. The average Bonchev–Trinajstić information content (AvgIpc) is 2.01. The summed E-state index contributed by atoms with van der Waals surface area (Å²) in [5.41, 5.74) is 7.83. The Hall–Kier alpha value is -1.30. The summed E-state index contributed by atoms with van der Waals surface area (Å²) in [6.45, 7) is -0.568. The Morgan fingerprint density at radius 2 is 2.42 bits per heavy atom. The van der Waals surface area contributed by atoms with E-state index in [-0.39, 0.29) is 19.6 Å². The van der Waals surface area contributed by atoms with Crippen LogP contribution in [0.15, 0.2) is 5.11 Å². The SMILES string of the molecule is [N-]=[N+]=NCC(=O)NC(O)CCO. The fraction of sp³-hybridized carbons (Fsp3) is 0.800. The number of nitrogens with one attached hydrogen (secondary N) is 1. The van der Waals surface area contributed by atoms with E-state index in [0.717, 1.165) is 0 Å². The molecule has 0 aromatic heterocycles. The number of aliphatic hydroxyl groups excluding tert-OH is 2. The van der Waals surface area contributed by atoms with E-state index in [9.17, 15) is 4.79 Å². The molecule has 7 nitrogen and oxygen atoms in total. The van der Waals surface area contributed by atoms with E-state index in [2.05, 4.69) is 15.3 Å². The smallest absolute Gasteiger partial charge is 0.227 e. The summed E-state index contributed by atoms with van der Waals surface area (Å²) in [6, 6.07) is 0. The molecule has 68 valence electrons. The number of hydrogen-bond donors (Lipinski definition) is 3. The Kier molecular flexibility index (Phi) is 5.72. The maximum Gasteiger partial charge on any atom is 0.227 e. The Bertz CT molecular complexity index is 189. The van der Waals surface area contributed by atoms with Crippen LogP contribution in [0.25, 0.3) is 10.4 Å². The van der Waals surface area contributed by atoms with Crippen molar-refractivity contribution in [1.82, 2.24) is 5.32 Å². The summed E-state index contributed by atoms with van der Waals surface area (Å²) in [5.74, 6) is -0.575. The van der Waals surface area contributed by atoms with Crippen LogP contribution in [0.3, 0.4) is 0 Å². The third-order valence-corrected chi connectivity index (χ3v) is 1.01. The molecule has 0 aromatic rings. The number of carbonyl (C=O) groups excluding carboxylic acids is 1. The Labute approximate surface area is 68.6 Å². The van der Waals surface area contributed by atoms with Gasteiger partial charge in [0.1, 0.15) is 12.8 Å². The van der Waals surface area contributed by atoms with Crippen molar-refractivity contribution in [1.29, 1.82) is 0 Å². The van der Waals surface area contributed by atoms with Crippen molar-refractivity contribution in [3.8, 4) is 0 Å². The number of hydrogen-bond acceptors (Lipinski definition) is 4. The monoisotopic (exact) mass is 174 g/mol. The highest BCUT2D eigenvalue weighted by molar-refractivity contribution is 5.78. The number of nitrogens with zero attached hydrogens (tertiary/aromatic N) is 3. The van der Waals surface area contributed by atoms with Gasteiger partial charge in [0, 0.05) is 17.9 Å². The van der Waals surface area contributed by atoms with Gasteiger partial charge < -0.3 is 15.5 Å². The van der Waals surface area contributed by atoms with E-state index >= 15 is 0 Å². The number of aliphatic hydroxyl groups is 2. The van der Waals surface area contributed by atoms with Gasteiger partial charge in [-0.05, 0) is 5.53 Å². The van der Waals surface area contributed by atoms with E-state index in [1.54, 1.807) is 0 Å². The van der Waals surface area contributed by atoms with Crippen LogP contribution in [0.5, 0.6) is 0 Å². The van der Waals surface area contributed by atoms with Crippen molar-refractivity contribution in [2.45, 2.75) is 12.6 Å². The first-order valence-corrected chi connectivity index (χ1v) is 3.30. The molecule has 1 amide bonds. The van der Waals surface area contributed by atoms with Gasteiger partial charge in [0.05, 0.1) is 0 Å². The summed E-state index contributed by atoms with van der Waals surface area (Å²) in [5, 5.41) is 22.3. The highest BCUT2D eigenvalue weighted by atomic mass is 16.3. The molecule has 1 atom stereocenters. The zero-order valence-corrected chi connectivity index (χ0v) is 6.34. The minimum Gasteiger partial charge on any atom is -0.396 e. The molecule has 0 saturated carbocycles. The number of rotatable bonds is 5. The van der Waals surface area contributed by atoms with Crippen molar-refractivity contribution in [3.05, 3.63) is 10.4 Å². The molecular weight excluding hydrogens is 164 g/mol. The van der Waals surface area contributed by atoms with Crippen molar-refractivity contribution < 1.29 is 15.0 Å². The van der Waals surface area contributed by atoms with Crippen molar-refractivity contribution in [2.75, 3.05) is 13.2 Å². The Morgan fingerprint density at radius 3 is 2.92 bits per heavy atom. The lowest BCUT2D eigenvalue weighted by Crippen LogP contribution is -2.36. The molecule has 0 fully saturated rings. The largest absolute Gasteiger partial charge is 0.396 e. The van der Waals surface area contributed by atoms with Gasteiger partial charge in [-0.2, -0.15) is 0 Å². The molecule has 12 heavy (non-hydrogen) atoms. The molecule has 7 heteroatoms. The average molecular weight is 174 g/mol. The second-order valence-corrected chi connectivity index (χ2v) is 1.98. The molecule has 0 saturated heterocycles. The van der Waals surface area contributed by atoms with E-state index in [4.69, 9.17) is 15.7 Å². The summed E-state index contributed by atoms with van der Waals surface area (Å²) in [6.07, 6.45) is -1.03. The van der Waals surface area contributed by atoms with E-state index in [1.165, 1.54) is 0 Å². The zero-order chi connectivity index (χ0) is 9.40. The Balaban J connectivity index is 3.60.